The van der Waals surface area contributed by atoms with E-state index in [-0.39, 0.29) is 0 Å². The molecule has 0 bridgehead atoms. The number of anilines is 1. The van der Waals surface area contributed by atoms with Crippen molar-refractivity contribution in [2.24, 2.45) is 0 Å². The van der Waals surface area contributed by atoms with E-state index >= 15 is 0 Å². The molecule has 4 nitrogen and oxygen atoms in total. The quantitative estimate of drug-likeness (QED) is 0.237. The molecule has 1 aromatic rings. The van der Waals surface area contributed by atoms with Crippen molar-refractivity contribution in [2.45, 2.75) is 77.6 Å². The number of ether oxygens (including phenoxy) is 3. The molecule has 0 aliphatic rings. The Labute approximate surface area is 166 Å². The summed E-state index contributed by atoms with van der Waals surface area (Å²) in [5.41, 5.74) is 6.38. The lowest BCUT2D eigenvalue weighted by atomic mass is 10.1. The molecule has 0 heterocycles. The zero-order valence-corrected chi connectivity index (χ0v) is 17.4. The second kappa shape index (κ2) is 18.1. The van der Waals surface area contributed by atoms with E-state index in [9.17, 15) is 0 Å². The van der Waals surface area contributed by atoms with Crippen molar-refractivity contribution in [3.05, 3.63) is 24.3 Å². The Hall–Kier alpha value is -1.26. The van der Waals surface area contributed by atoms with Crippen molar-refractivity contribution >= 4 is 5.69 Å². The van der Waals surface area contributed by atoms with E-state index in [2.05, 4.69) is 6.92 Å². The fourth-order valence-electron chi connectivity index (χ4n) is 2.97. The normalized spacial score (nSPS) is 11.0. The van der Waals surface area contributed by atoms with E-state index in [1.807, 2.05) is 24.3 Å². The molecule has 2 N–H and O–H groups in total. The number of hydrogen-bond acceptors (Lipinski definition) is 4. The molecule has 0 amide bonds. The molecule has 0 radical (unpaired) electrons. The first kappa shape index (κ1) is 23.8. The van der Waals surface area contributed by atoms with E-state index in [4.69, 9.17) is 19.9 Å². The largest absolute Gasteiger partial charge is 0.491 e. The highest BCUT2D eigenvalue weighted by atomic mass is 16.5. The summed E-state index contributed by atoms with van der Waals surface area (Å²) in [7, 11) is 0. The maximum absolute atomic E-state index is 5.63. The average molecular weight is 380 g/mol. The van der Waals surface area contributed by atoms with Crippen LogP contribution < -0.4 is 10.5 Å². The standard InChI is InChI=1S/C23H41NO3/c1-2-3-4-5-6-7-8-9-10-11-12-17-25-18-19-26-20-21-27-23-15-13-22(24)14-16-23/h13-16H,2-12,17-21,24H2,1H3. The van der Waals surface area contributed by atoms with Crippen molar-refractivity contribution < 1.29 is 14.2 Å². The molecule has 1 rings (SSSR count). The van der Waals surface area contributed by atoms with Gasteiger partial charge in [-0.1, -0.05) is 71.1 Å². The van der Waals surface area contributed by atoms with Gasteiger partial charge in [0.1, 0.15) is 12.4 Å². The first-order valence-electron chi connectivity index (χ1n) is 11.0. The zero-order valence-electron chi connectivity index (χ0n) is 17.4. The summed E-state index contributed by atoms with van der Waals surface area (Å²) in [6, 6.07) is 7.40. The predicted molar refractivity (Wildman–Crippen MR) is 114 cm³/mol. The van der Waals surface area contributed by atoms with Gasteiger partial charge in [0.15, 0.2) is 0 Å². The lowest BCUT2D eigenvalue weighted by Gasteiger charge is -2.08. The molecule has 156 valence electrons. The Morgan fingerprint density at radius 1 is 0.593 bits per heavy atom. The van der Waals surface area contributed by atoms with Gasteiger partial charge in [-0.05, 0) is 30.7 Å². The number of benzene rings is 1. The second-order valence-corrected chi connectivity index (χ2v) is 7.18. The van der Waals surface area contributed by atoms with Gasteiger partial charge >= 0.3 is 0 Å². The molecule has 0 aliphatic carbocycles. The summed E-state index contributed by atoms with van der Waals surface area (Å²) < 4.78 is 16.7. The third-order valence-electron chi connectivity index (χ3n) is 4.64. The van der Waals surface area contributed by atoms with Crippen LogP contribution in [0.4, 0.5) is 5.69 Å². The molecule has 0 unspecified atom stereocenters. The maximum Gasteiger partial charge on any atom is 0.119 e. The minimum atomic E-state index is 0.544. The van der Waals surface area contributed by atoms with Gasteiger partial charge in [0.25, 0.3) is 0 Å². The SMILES string of the molecule is CCCCCCCCCCCCCOCCOCCOc1ccc(N)cc1. The molecule has 0 saturated heterocycles. The lowest BCUT2D eigenvalue weighted by Crippen LogP contribution is -2.11. The molecule has 0 aromatic heterocycles. The number of rotatable bonds is 19. The summed E-state index contributed by atoms with van der Waals surface area (Å²) in [6.07, 6.45) is 15.0. The number of nitrogen functional groups attached to an aromatic ring is 1. The molecule has 0 fully saturated rings. The van der Waals surface area contributed by atoms with E-state index in [1.165, 1.54) is 64.2 Å². The van der Waals surface area contributed by atoms with Gasteiger partial charge < -0.3 is 19.9 Å². The summed E-state index contributed by atoms with van der Waals surface area (Å²) in [5.74, 6) is 0.820. The van der Waals surface area contributed by atoms with Crippen molar-refractivity contribution in [1.29, 1.82) is 0 Å². The van der Waals surface area contributed by atoms with Gasteiger partial charge in [0, 0.05) is 12.3 Å². The van der Waals surface area contributed by atoms with Crippen LogP contribution in [0.15, 0.2) is 24.3 Å². The van der Waals surface area contributed by atoms with Crippen LogP contribution in [-0.2, 0) is 9.47 Å². The highest BCUT2D eigenvalue weighted by Crippen LogP contribution is 2.13. The fourth-order valence-corrected chi connectivity index (χ4v) is 2.97. The molecule has 27 heavy (non-hydrogen) atoms. The summed E-state index contributed by atoms with van der Waals surface area (Å²) in [5, 5.41) is 0. The average Bonchev–Trinajstić information content (AvgIpc) is 2.68. The summed E-state index contributed by atoms with van der Waals surface area (Å²) in [6.45, 7) is 5.54. The number of nitrogens with two attached hydrogens (primary N) is 1. The highest BCUT2D eigenvalue weighted by molar-refractivity contribution is 5.41. The molecule has 4 heteroatoms. The Kier molecular flexibility index (Phi) is 16.0. The van der Waals surface area contributed by atoms with Gasteiger partial charge in [0.05, 0.1) is 19.8 Å². The Morgan fingerprint density at radius 3 is 1.67 bits per heavy atom. The minimum Gasteiger partial charge on any atom is -0.491 e. The van der Waals surface area contributed by atoms with Crippen molar-refractivity contribution in [3.63, 3.8) is 0 Å². The van der Waals surface area contributed by atoms with Crippen molar-refractivity contribution in [2.75, 3.05) is 38.8 Å². The summed E-state index contributed by atoms with van der Waals surface area (Å²) in [4.78, 5) is 0. The van der Waals surface area contributed by atoms with E-state index < -0.39 is 0 Å². The first-order chi connectivity index (χ1) is 13.3. The minimum absolute atomic E-state index is 0.544. The van der Waals surface area contributed by atoms with Crippen molar-refractivity contribution in [3.8, 4) is 5.75 Å². The molecular weight excluding hydrogens is 338 g/mol. The fraction of sp³-hybridized carbons (Fsp3) is 0.739. The van der Waals surface area contributed by atoms with Crippen LogP contribution in [0.5, 0.6) is 5.75 Å². The molecular formula is C23H41NO3. The second-order valence-electron chi connectivity index (χ2n) is 7.18. The van der Waals surface area contributed by atoms with Gasteiger partial charge in [0.2, 0.25) is 0 Å². The molecule has 0 atom stereocenters. The molecule has 0 spiro atoms. The predicted octanol–water partition coefficient (Wildman–Crippen LogP) is 5.99. The smallest absolute Gasteiger partial charge is 0.119 e. The van der Waals surface area contributed by atoms with Gasteiger partial charge in [-0.15, -0.1) is 0 Å². The topological polar surface area (TPSA) is 53.7 Å². The molecule has 1 aromatic carbocycles. The van der Waals surface area contributed by atoms with E-state index in [1.54, 1.807) is 0 Å². The van der Waals surface area contributed by atoms with E-state index in [0.717, 1.165) is 24.5 Å². The van der Waals surface area contributed by atoms with Gasteiger partial charge in [-0.25, -0.2) is 0 Å². The van der Waals surface area contributed by atoms with Crippen LogP contribution in [0.25, 0.3) is 0 Å². The Balaban J connectivity index is 1.71. The third-order valence-corrected chi connectivity index (χ3v) is 4.64. The Morgan fingerprint density at radius 2 is 1.07 bits per heavy atom. The van der Waals surface area contributed by atoms with Crippen LogP contribution in [0, 0.1) is 0 Å². The molecule has 0 saturated carbocycles. The van der Waals surface area contributed by atoms with Crippen LogP contribution >= 0.6 is 0 Å². The van der Waals surface area contributed by atoms with Crippen LogP contribution in [-0.4, -0.2) is 33.0 Å². The van der Waals surface area contributed by atoms with Gasteiger partial charge in [-0.2, -0.15) is 0 Å². The van der Waals surface area contributed by atoms with E-state index in [0.29, 0.717) is 26.4 Å². The number of hydrogen-bond donors (Lipinski definition) is 1. The monoisotopic (exact) mass is 379 g/mol. The highest BCUT2D eigenvalue weighted by Gasteiger charge is 1.96. The lowest BCUT2D eigenvalue weighted by molar-refractivity contribution is 0.0352. The van der Waals surface area contributed by atoms with Crippen LogP contribution in [0.1, 0.15) is 77.6 Å². The third kappa shape index (κ3) is 15.5. The zero-order chi connectivity index (χ0) is 19.4. The Bertz CT molecular complexity index is 422. The first-order valence-corrected chi connectivity index (χ1v) is 11.0. The van der Waals surface area contributed by atoms with Crippen LogP contribution in [0.3, 0.4) is 0 Å². The summed E-state index contributed by atoms with van der Waals surface area (Å²) >= 11 is 0. The van der Waals surface area contributed by atoms with Crippen LogP contribution in [0.2, 0.25) is 0 Å². The van der Waals surface area contributed by atoms with Gasteiger partial charge in [-0.3, -0.25) is 0 Å². The van der Waals surface area contributed by atoms with Crippen molar-refractivity contribution in [1.82, 2.24) is 0 Å². The molecule has 0 aliphatic heterocycles. The maximum atomic E-state index is 5.63. The number of unbranched alkanes of at least 4 members (excludes halogenated alkanes) is 10.